The number of aromatic nitrogens is 1. The van der Waals surface area contributed by atoms with Crippen molar-refractivity contribution in [2.24, 2.45) is 0 Å². The Bertz CT molecular complexity index is 314. The van der Waals surface area contributed by atoms with Crippen molar-refractivity contribution in [3.05, 3.63) is 10.7 Å². The molecule has 0 radical (unpaired) electrons. The fourth-order valence-corrected chi connectivity index (χ4v) is 3.80. The van der Waals surface area contributed by atoms with E-state index in [1.807, 2.05) is 11.8 Å². The number of nitrogens with zero attached hydrogens (tertiary/aromatic N) is 1. The average molecular weight is 228 g/mol. The molecule has 2 heterocycles. The van der Waals surface area contributed by atoms with Crippen molar-refractivity contribution in [2.45, 2.75) is 32.1 Å². The molecule has 0 bridgehead atoms. The standard InChI is InChI=1S/C10H16N2S2/c1-6(2)10-12-8(9(11)14-10)7-3-4-13-5-7/h6-7H,3-5,11H2,1-2H3. The molecule has 0 aromatic carbocycles. The van der Waals surface area contributed by atoms with E-state index in [9.17, 15) is 0 Å². The van der Waals surface area contributed by atoms with Gasteiger partial charge in [0, 0.05) is 17.6 Å². The highest BCUT2D eigenvalue weighted by Gasteiger charge is 2.23. The third-order valence-electron chi connectivity index (χ3n) is 2.51. The quantitative estimate of drug-likeness (QED) is 0.845. The summed E-state index contributed by atoms with van der Waals surface area (Å²) < 4.78 is 0. The molecule has 1 saturated heterocycles. The summed E-state index contributed by atoms with van der Waals surface area (Å²) in [7, 11) is 0. The molecule has 0 saturated carbocycles. The topological polar surface area (TPSA) is 38.9 Å². The Morgan fingerprint density at radius 2 is 2.29 bits per heavy atom. The van der Waals surface area contributed by atoms with Gasteiger partial charge < -0.3 is 5.73 Å². The highest BCUT2D eigenvalue weighted by molar-refractivity contribution is 7.99. The maximum atomic E-state index is 6.01. The van der Waals surface area contributed by atoms with Gasteiger partial charge in [-0.1, -0.05) is 13.8 Å². The van der Waals surface area contributed by atoms with Crippen LogP contribution in [0, 0.1) is 0 Å². The number of hydrogen-bond acceptors (Lipinski definition) is 4. The fourth-order valence-electron chi connectivity index (χ4n) is 1.65. The lowest BCUT2D eigenvalue weighted by atomic mass is 10.1. The number of anilines is 1. The largest absolute Gasteiger partial charge is 0.389 e. The molecular formula is C10H16N2S2. The molecule has 1 aliphatic rings. The zero-order valence-corrected chi connectivity index (χ0v) is 10.3. The third-order valence-corrected chi connectivity index (χ3v) is 4.87. The predicted molar refractivity (Wildman–Crippen MR) is 65.3 cm³/mol. The van der Waals surface area contributed by atoms with Gasteiger partial charge in [0.1, 0.15) is 5.00 Å². The molecule has 1 fully saturated rings. The van der Waals surface area contributed by atoms with Gasteiger partial charge in [-0.15, -0.1) is 11.3 Å². The van der Waals surface area contributed by atoms with Gasteiger partial charge in [-0.3, -0.25) is 0 Å². The van der Waals surface area contributed by atoms with Crippen LogP contribution >= 0.6 is 23.1 Å². The van der Waals surface area contributed by atoms with Gasteiger partial charge in [-0.2, -0.15) is 11.8 Å². The van der Waals surface area contributed by atoms with E-state index in [1.54, 1.807) is 11.3 Å². The number of thioether (sulfide) groups is 1. The summed E-state index contributed by atoms with van der Waals surface area (Å²) in [4.78, 5) is 4.67. The lowest BCUT2D eigenvalue weighted by molar-refractivity contribution is 0.745. The van der Waals surface area contributed by atoms with E-state index in [2.05, 4.69) is 18.8 Å². The molecule has 1 aromatic heterocycles. The second kappa shape index (κ2) is 4.11. The predicted octanol–water partition coefficient (Wildman–Crippen LogP) is 3.07. The minimum absolute atomic E-state index is 0.505. The van der Waals surface area contributed by atoms with Crippen molar-refractivity contribution in [1.29, 1.82) is 0 Å². The number of nitrogens with two attached hydrogens (primary N) is 1. The molecule has 78 valence electrons. The lowest BCUT2D eigenvalue weighted by Crippen LogP contribution is -2.00. The van der Waals surface area contributed by atoms with Gasteiger partial charge in [0.25, 0.3) is 0 Å². The van der Waals surface area contributed by atoms with Gasteiger partial charge in [0.2, 0.25) is 0 Å². The van der Waals surface area contributed by atoms with Crippen LogP contribution in [0.1, 0.15) is 42.8 Å². The SMILES string of the molecule is CC(C)c1nc(C2CCSC2)c(N)s1. The lowest BCUT2D eigenvalue weighted by Gasteiger charge is -2.04. The fraction of sp³-hybridized carbons (Fsp3) is 0.700. The summed E-state index contributed by atoms with van der Waals surface area (Å²) in [5, 5.41) is 2.13. The second-order valence-electron chi connectivity index (χ2n) is 4.02. The van der Waals surface area contributed by atoms with Crippen LogP contribution < -0.4 is 5.73 Å². The first-order valence-corrected chi connectivity index (χ1v) is 6.99. The number of hydrogen-bond donors (Lipinski definition) is 1. The van der Waals surface area contributed by atoms with Gasteiger partial charge in [-0.05, 0) is 12.2 Å². The van der Waals surface area contributed by atoms with E-state index in [-0.39, 0.29) is 0 Å². The van der Waals surface area contributed by atoms with Crippen LogP contribution in [0.3, 0.4) is 0 Å². The normalized spacial score (nSPS) is 22.1. The molecule has 1 unspecified atom stereocenters. The molecule has 1 atom stereocenters. The average Bonchev–Trinajstić information content (AvgIpc) is 2.71. The maximum Gasteiger partial charge on any atom is 0.110 e. The molecule has 1 aliphatic heterocycles. The van der Waals surface area contributed by atoms with Gasteiger partial charge >= 0.3 is 0 Å². The van der Waals surface area contributed by atoms with Crippen LogP contribution in [0.25, 0.3) is 0 Å². The van der Waals surface area contributed by atoms with Crippen LogP contribution in [0.15, 0.2) is 0 Å². The summed E-state index contributed by atoms with van der Waals surface area (Å²) >= 11 is 3.68. The molecule has 0 amide bonds. The van der Waals surface area contributed by atoms with Gasteiger partial charge in [0.15, 0.2) is 0 Å². The first-order chi connectivity index (χ1) is 6.68. The molecule has 0 aliphatic carbocycles. The van der Waals surface area contributed by atoms with Crippen molar-refractivity contribution < 1.29 is 0 Å². The number of rotatable bonds is 2. The monoisotopic (exact) mass is 228 g/mol. The van der Waals surface area contributed by atoms with E-state index < -0.39 is 0 Å². The Morgan fingerprint density at radius 3 is 2.79 bits per heavy atom. The summed E-state index contributed by atoms with van der Waals surface area (Å²) in [6, 6.07) is 0. The Morgan fingerprint density at radius 1 is 1.50 bits per heavy atom. The Hall–Kier alpha value is -0.220. The minimum atomic E-state index is 0.505. The van der Waals surface area contributed by atoms with Crippen molar-refractivity contribution in [3.63, 3.8) is 0 Å². The van der Waals surface area contributed by atoms with Crippen molar-refractivity contribution in [1.82, 2.24) is 4.98 Å². The van der Waals surface area contributed by atoms with E-state index in [0.29, 0.717) is 11.8 Å². The molecule has 1 aromatic rings. The molecule has 2 nitrogen and oxygen atoms in total. The summed E-state index contributed by atoms with van der Waals surface area (Å²) in [5.74, 6) is 3.58. The second-order valence-corrected chi connectivity index (χ2v) is 6.23. The molecular weight excluding hydrogens is 212 g/mol. The van der Waals surface area contributed by atoms with E-state index in [4.69, 9.17) is 5.73 Å². The highest BCUT2D eigenvalue weighted by atomic mass is 32.2. The third kappa shape index (κ3) is 1.91. The maximum absolute atomic E-state index is 6.01. The van der Waals surface area contributed by atoms with E-state index in [1.165, 1.54) is 28.6 Å². The first-order valence-electron chi connectivity index (χ1n) is 5.02. The van der Waals surface area contributed by atoms with Crippen LogP contribution in [0.5, 0.6) is 0 Å². The zero-order chi connectivity index (χ0) is 10.1. The van der Waals surface area contributed by atoms with Crippen molar-refractivity contribution in [3.8, 4) is 0 Å². The Labute approximate surface area is 93.3 Å². The summed E-state index contributed by atoms with van der Waals surface area (Å²) in [6.07, 6.45) is 1.25. The number of nitrogen functional groups attached to an aromatic ring is 1. The van der Waals surface area contributed by atoms with Crippen LogP contribution in [-0.2, 0) is 0 Å². The van der Waals surface area contributed by atoms with E-state index in [0.717, 1.165) is 5.00 Å². The van der Waals surface area contributed by atoms with Crippen LogP contribution in [0.2, 0.25) is 0 Å². The summed E-state index contributed by atoms with van der Waals surface area (Å²) in [6.45, 7) is 4.34. The van der Waals surface area contributed by atoms with Crippen LogP contribution in [0.4, 0.5) is 5.00 Å². The Balaban J connectivity index is 2.24. The molecule has 14 heavy (non-hydrogen) atoms. The molecule has 4 heteroatoms. The smallest absolute Gasteiger partial charge is 0.110 e. The Kier molecular flexibility index (Phi) is 3.02. The van der Waals surface area contributed by atoms with Gasteiger partial charge in [0.05, 0.1) is 10.7 Å². The highest BCUT2D eigenvalue weighted by Crippen LogP contribution is 2.38. The van der Waals surface area contributed by atoms with E-state index >= 15 is 0 Å². The molecule has 0 spiro atoms. The zero-order valence-electron chi connectivity index (χ0n) is 8.62. The van der Waals surface area contributed by atoms with Crippen molar-refractivity contribution in [2.75, 3.05) is 17.2 Å². The van der Waals surface area contributed by atoms with Gasteiger partial charge in [-0.25, -0.2) is 4.98 Å². The first kappa shape index (κ1) is 10.3. The minimum Gasteiger partial charge on any atom is -0.389 e. The van der Waals surface area contributed by atoms with Crippen molar-refractivity contribution >= 4 is 28.1 Å². The molecule has 2 rings (SSSR count). The summed E-state index contributed by atoms with van der Waals surface area (Å²) in [5.41, 5.74) is 7.18. The number of thiazole rings is 1. The molecule has 2 N–H and O–H groups in total. The van der Waals surface area contributed by atoms with Crippen LogP contribution in [-0.4, -0.2) is 16.5 Å².